The molecule has 4 rings (SSSR count). The van der Waals surface area contributed by atoms with Crippen LogP contribution in [0.5, 0.6) is 17.2 Å². The van der Waals surface area contributed by atoms with E-state index in [0.717, 1.165) is 36.2 Å². The summed E-state index contributed by atoms with van der Waals surface area (Å²) in [6, 6.07) is 9.08. The van der Waals surface area contributed by atoms with Crippen LogP contribution in [0.1, 0.15) is 27.9 Å². The maximum absolute atomic E-state index is 13.2. The first-order valence-corrected chi connectivity index (χ1v) is 9.77. The van der Waals surface area contributed by atoms with E-state index in [0.29, 0.717) is 27.8 Å². The summed E-state index contributed by atoms with van der Waals surface area (Å²) in [5.74, 6) is 1.54. The van der Waals surface area contributed by atoms with Crippen molar-refractivity contribution in [2.24, 2.45) is 0 Å². The highest BCUT2D eigenvalue weighted by Crippen LogP contribution is 2.49. The van der Waals surface area contributed by atoms with E-state index in [1.165, 1.54) is 7.11 Å². The van der Waals surface area contributed by atoms with Gasteiger partial charge in [0.15, 0.2) is 11.5 Å². The summed E-state index contributed by atoms with van der Waals surface area (Å²) < 4.78 is 17.2. The van der Waals surface area contributed by atoms with Gasteiger partial charge in [-0.25, -0.2) is 0 Å². The third kappa shape index (κ3) is 3.52. The molecule has 0 unspecified atom stereocenters. The second kappa shape index (κ2) is 7.93. The Morgan fingerprint density at radius 2 is 1.86 bits per heavy atom. The van der Waals surface area contributed by atoms with E-state index in [1.54, 1.807) is 25.3 Å². The molecule has 0 saturated heterocycles. The monoisotopic (exact) mass is 411 g/mol. The number of carbonyl (C=O) groups is 1. The highest BCUT2D eigenvalue weighted by Gasteiger charge is 2.36. The van der Waals surface area contributed by atoms with Crippen LogP contribution in [-0.4, -0.2) is 45.0 Å². The molecule has 6 heteroatoms. The van der Waals surface area contributed by atoms with Gasteiger partial charge in [0.1, 0.15) is 17.1 Å². The van der Waals surface area contributed by atoms with Crippen LogP contribution >= 0.6 is 11.6 Å². The van der Waals surface area contributed by atoms with E-state index in [2.05, 4.69) is 18.0 Å². The Labute approximate surface area is 175 Å². The lowest BCUT2D eigenvalue weighted by Crippen LogP contribution is -2.23. The van der Waals surface area contributed by atoms with Crippen molar-refractivity contribution in [1.29, 1.82) is 0 Å². The second-order valence-corrected chi connectivity index (χ2v) is 7.47. The number of hydrogen-bond acceptors (Lipinski definition) is 5. The zero-order valence-corrected chi connectivity index (χ0v) is 17.4. The molecule has 0 fully saturated rings. The molecule has 150 valence electrons. The number of nitrogens with zero attached hydrogens (tertiary/aromatic N) is 1. The van der Waals surface area contributed by atoms with Crippen LogP contribution in [0.4, 0.5) is 0 Å². The zero-order valence-electron chi connectivity index (χ0n) is 16.6. The molecular formula is C23H22ClNO4. The molecule has 29 heavy (non-hydrogen) atoms. The quantitative estimate of drug-likeness (QED) is 0.683. The number of rotatable bonds is 4. The minimum absolute atomic E-state index is 0.217. The van der Waals surface area contributed by atoms with E-state index < -0.39 is 0 Å². The van der Waals surface area contributed by atoms with Crippen LogP contribution in [0.15, 0.2) is 42.2 Å². The van der Waals surface area contributed by atoms with E-state index in [4.69, 9.17) is 25.8 Å². The molecule has 0 aromatic heterocycles. The number of Topliss-reactive ketones (excluding diaryl/α,β-unsaturated/α-hetero) is 1. The Kier molecular flexibility index (Phi) is 5.35. The van der Waals surface area contributed by atoms with Crippen LogP contribution in [0.3, 0.4) is 0 Å². The standard InChI is InChI=1S/C23H22ClNO4/c1-25-10-8-14(9-11-25)20-17(27-2)13-18(28-3)21-22(26)19(29-23(20)21)12-15-6-4-5-7-16(15)24/h4-8,12-13H,9-11H2,1-3H3/b19-12-. The Balaban J connectivity index is 1.87. The minimum atomic E-state index is -0.228. The Morgan fingerprint density at radius 1 is 1.14 bits per heavy atom. The highest BCUT2D eigenvalue weighted by atomic mass is 35.5. The van der Waals surface area contributed by atoms with Gasteiger partial charge in [-0.3, -0.25) is 4.79 Å². The van der Waals surface area contributed by atoms with Gasteiger partial charge in [-0.05, 0) is 36.7 Å². The first-order valence-electron chi connectivity index (χ1n) is 9.39. The third-order valence-corrected chi connectivity index (χ3v) is 5.58. The molecule has 0 amide bonds. The number of ketones is 1. The molecule has 0 atom stereocenters. The Bertz CT molecular complexity index is 1040. The molecule has 2 aliphatic heterocycles. The van der Waals surface area contributed by atoms with Crippen molar-refractivity contribution in [2.75, 3.05) is 34.4 Å². The maximum atomic E-state index is 13.2. The Hall–Kier alpha value is -2.76. The smallest absolute Gasteiger partial charge is 0.235 e. The minimum Gasteiger partial charge on any atom is -0.496 e. The number of benzene rings is 2. The van der Waals surface area contributed by atoms with Crippen LogP contribution in [0.2, 0.25) is 5.02 Å². The van der Waals surface area contributed by atoms with Gasteiger partial charge in [-0.1, -0.05) is 35.9 Å². The fraction of sp³-hybridized carbons (Fsp3) is 0.261. The van der Waals surface area contributed by atoms with Gasteiger partial charge in [0.05, 0.1) is 19.8 Å². The molecular weight excluding hydrogens is 390 g/mol. The number of methoxy groups -OCH3 is 2. The molecule has 2 aliphatic rings. The summed E-state index contributed by atoms with van der Waals surface area (Å²) >= 11 is 6.26. The van der Waals surface area contributed by atoms with Gasteiger partial charge in [-0.15, -0.1) is 0 Å². The lowest BCUT2D eigenvalue weighted by atomic mass is 9.94. The van der Waals surface area contributed by atoms with Crippen molar-refractivity contribution in [1.82, 2.24) is 4.90 Å². The van der Waals surface area contributed by atoms with E-state index >= 15 is 0 Å². The van der Waals surface area contributed by atoms with Crippen molar-refractivity contribution in [3.05, 3.63) is 63.9 Å². The van der Waals surface area contributed by atoms with Crippen molar-refractivity contribution in [3.63, 3.8) is 0 Å². The number of likely N-dealkylation sites (N-methyl/N-ethyl adjacent to an activating group) is 1. The largest absolute Gasteiger partial charge is 0.496 e. The van der Waals surface area contributed by atoms with E-state index in [1.807, 2.05) is 18.2 Å². The molecule has 0 spiro atoms. The van der Waals surface area contributed by atoms with Crippen molar-refractivity contribution in [2.45, 2.75) is 6.42 Å². The summed E-state index contributed by atoms with van der Waals surface area (Å²) in [6.07, 6.45) is 4.66. The SMILES string of the molecule is COc1cc(OC)c(C2=CCN(C)CC2)c2c1C(=O)/C(=C/c1ccccc1Cl)O2. The van der Waals surface area contributed by atoms with E-state index in [9.17, 15) is 4.79 Å². The molecule has 5 nitrogen and oxygen atoms in total. The number of hydrogen-bond donors (Lipinski definition) is 0. The van der Waals surface area contributed by atoms with Gasteiger partial charge in [-0.2, -0.15) is 0 Å². The summed E-state index contributed by atoms with van der Waals surface area (Å²) in [4.78, 5) is 15.4. The molecule has 0 saturated carbocycles. The Morgan fingerprint density at radius 3 is 2.52 bits per heavy atom. The van der Waals surface area contributed by atoms with Crippen LogP contribution < -0.4 is 14.2 Å². The summed E-state index contributed by atoms with van der Waals surface area (Å²) in [5, 5.41) is 0.551. The predicted molar refractivity (Wildman–Crippen MR) is 114 cm³/mol. The number of halogens is 1. The summed E-state index contributed by atoms with van der Waals surface area (Å²) in [7, 11) is 5.22. The fourth-order valence-corrected chi connectivity index (χ4v) is 3.85. The molecule has 0 radical (unpaired) electrons. The third-order valence-electron chi connectivity index (χ3n) is 5.24. The molecule has 0 aliphatic carbocycles. The van der Waals surface area contributed by atoms with E-state index in [-0.39, 0.29) is 11.5 Å². The van der Waals surface area contributed by atoms with Crippen LogP contribution in [0.25, 0.3) is 11.6 Å². The second-order valence-electron chi connectivity index (χ2n) is 7.06. The van der Waals surface area contributed by atoms with Gasteiger partial charge in [0, 0.05) is 24.2 Å². The van der Waals surface area contributed by atoms with Gasteiger partial charge < -0.3 is 19.1 Å². The lowest BCUT2D eigenvalue weighted by Gasteiger charge is -2.24. The first kappa shape index (κ1) is 19.6. The fourth-order valence-electron chi connectivity index (χ4n) is 3.66. The molecule has 2 aromatic rings. The highest BCUT2D eigenvalue weighted by molar-refractivity contribution is 6.32. The number of fused-ring (bicyclic) bond motifs is 1. The van der Waals surface area contributed by atoms with Gasteiger partial charge in [0.25, 0.3) is 0 Å². The van der Waals surface area contributed by atoms with Crippen molar-refractivity contribution < 1.29 is 19.0 Å². The topological polar surface area (TPSA) is 48.0 Å². The number of allylic oxidation sites excluding steroid dienone is 1. The molecule has 0 N–H and O–H groups in total. The lowest BCUT2D eigenvalue weighted by molar-refractivity contribution is 0.101. The average Bonchev–Trinajstić information content (AvgIpc) is 3.05. The normalized spacial score (nSPS) is 17.7. The summed E-state index contributed by atoms with van der Waals surface area (Å²) in [5.41, 5.74) is 3.05. The molecule has 2 heterocycles. The average molecular weight is 412 g/mol. The zero-order chi connectivity index (χ0) is 20.5. The van der Waals surface area contributed by atoms with Crippen molar-refractivity contribution >= 4 is 29.0 Å². The first-order chi connectivity index (χ1) is 14.0. The maximum Gasteiger partial charge on any atom is 0.235 e. The predicted octanol–water partition coefficient (Wildman–Crippen LogP) is 4.69. The molecule has 2 aromatic carbocycles. The summed E-state index contributed by atoms with van der Waals surface area (Å²) in [6.45, 7) is 1.75. The number of ether oxygens (including phenoxy) is 3. The van der Waals surface area contributed by atoms with Gasteiger partial charge in [0.2, 0.25) is 5.78 Å². The molecule has 0 bridgehead atoms. The van der Waals surface area contributed by atoms with Crippen LogP contribution in [-0.2, 0) is 0 Å². The van der Waals surface area contributed by atoms with Gasteiger partial charge >= 0.3 is 0 Å². The van der Waals surface area contributed by atoms with Crippen LogP contribution in [0, 0.1) is 0 Å². The number of carbonyl (C=O) groups excluding carboxylic acids is 1. The van der Waals surface area contributed by atoms with Crippen molar-refractivity contribution in [3.8, 4) is 17.2 Å².